The smallest absolute Gasteiger partial charge is 0.335 e. The number of nitrogens with zero attached hydrogens (tertiary/aromatic N) is 3. The number of ether oxygens (including phenoxy) is 1. The van der Waals surface area contributed by atoms with E-state index in [9.17, 15) is 4.79 Å². The van der Waals surface area contributed by atoms with Crippen molar-refractivity contribution in [2.75, 3.05) is 12.4 Å². The molecule has 2 heterocycles. The van der Waals surface area contributed by atoms with Gasteiger partial charge in [0.25, 0.3) is 0 Å². The minimum atomic E-state index is -0.952. The summed E-state index contributed by atoms with van der Waals surface area (Å²) in [6, 6.07) is 14.3. The van der Waals surface area contributed by atoms with E-state index in [1.807, 2.05) is 42.0 Å². The molecule has 0 aliphatic rings. The van der Waals surface area contributed by atoms with Crippen molar-refractivity contribution in [3.63, 3.8) is 0 Å². The Morgan fingerprint density at radius 3 is 2.64 bits per heavy atom. The van der Waals surface area contributed by atoms with Gasteiger partial charge in [0.1, 0.15) is 11.4 Å². The van der Waals surface area contributed by atoms with Crippen LogP contribution in [0.1, 0.15) is 15.9 Å². The van der Waals surface area contributed by atoms with Crippen LogP contribution < -0.4 is 10.1 Å². The van der Waals surface area contributed by atoms with E-state index in [0.717, 1.165) is 33.7 Å². The number of methoxy groups -OCH3 is 1. The van der Waals surface area contributed by atoms with Gasteiger partial charge in [-0.05, 0) is 48.9 Å². The van der Waals surface area contributed by atoms with Crippen LogP contribution in [0.3, 0.4) is 0 Å². The number of hydrogen-bond donors (Lipinski definition) is 2. The van der Waals surface area contributed by atoms with E-state index >= 15 is 0 Å². The van der Waals surface area contributed by atoms with Crippen LogP contribution in [0.15, 0.2) is 60.9 Å². The normalized spacial score (nSPS) is 10.8. The second-order valence-corrected chi connectivity index (χ2v) is 6.32. The highest BCUT2D eigenvalue weighted by Gasteiger charge is 2.10. The first kappa shape index (κ1) is 17.5. The van der Waals surface area contributed by atoms with Gasteiger partial charge in [0.15, 0.2) is 0 Å². The number of nitrogens with one attached hydrogen (secondary N) is 1. The first-order valence-corrected chi connectivity index (χ1v) is 8.64. The maximum Gasteiger partial charge on any atom is 0.335 e. The van der Waals surface area contributed by atoms with Crippen molar-refractivity contribution < 1.29 is 14.6 Å². The van der Waals surface area contributed by atoms with E-state index < -0.39 is 5.97 Å². The van der Waals surface area contributed by atoms with Crippen LogP contribution in [-0.4, -0.2) is 32.7 Å². The number of anilines is 2. The van der Waals surface area contributed by atoms with Crippen LogP contribution in [-0.2, 0) is 0 Å². The summed E-state index contributed by atoms with van der Waals surface area (Å²) in [6.07, 6.45) is 3.64. The first-order valence-electron chi connectivity index (χ1n) is 8.64. The zero-order valence-corrected chi connectivity index (χ0v) is 15.4. The molecule has 4 rings (SSSR count). The van der Waals surface area contributed by atoms with Crippen molar-refractivity contribution in [3.8, 4) is 11.4 Å². The maximum atomic E-state index is 11.1. The van der Waals surface area contributed by atoms with Crippen molar-refractivity contribution in [1.29, 1.82) is 0 Å². The molecule has 0 bridgehead atoms. The lowest BCUT2D eigenvalue weighted by Gasteiger charge is -2.11. The minimum Gasteiger partial charge on any atom is -0.497 e. The molecule has 0 spiro atoms. The Hall–Kier alpha value is -3.87. The average molecular weight is 374 g/mol. The third-order valence-electron chi connectivity index (χ3n) is 4.51. The molecule has 28 heavy (non-hydrogen) atoms. The van der Waals surface area contributed by atoms with E-state index in [1.54, 1.807) is 37.6 Å². The zero-order chi connectivity index (χ0) is 19.7. The number of rotatable bonds is 5. The van der Waals surface area contributed by atoms with Gasteiger partial charge in [-0.15, -0.1) is 0 Å². The molecule has 2 aromatic carbocycles. The van der Waals surface area contributed by atoms with E-state index in [2.05, 4.69) is 15.3 Å². The number of hydrogen-bond acceptors (Lipinski definition) is 5. The standard InChI is InChI=1S/C21H18N4O3/c1-13-3-8-17(28-2)11-18(13)23-21-22-12-15-9-10-25(19(15)24-21)16-6-4-14(5-7-16)20(26)27/h3-12H,1-2H3,(H,26,27)(H,22,23,24). The van der Waals surface area contributed by atoms with Crippen LogP contribution >= 0.6 is 0 Å². The second-order valence-electron chi connectivity index (χ2n) is 6.32. The summed E-state index contributed by atoms with van der Waals surface area (Å²) >= 11 is 0. The fraction of sp³-hybridized carbons (Fsp3) is 0.0952. The Kier molecular flexibility index (Phi) is 4.41. The Morgan fingerprint density at radius 1 is 1.14 bits per heavy atom. The van der Waals surface area contributed by atoms with Crippen LogP contribution in [0.5, 0.6) is 5.75 Å². The van der Waals surface area contributed by atoms with Gasteiger partial charge in [0.2, 0.25) is 5.95 Å². The first-order chi connectivity index (χ1) is 13.5. The summed E-state index contributed by atoms with van der Waals surface area (Å²) < 4.78 is 7.18. The van der Waals surface area contributed by atoms with Gasteiger partial charge in [-0.3, -0.25) is 0 Å². The molecule has 0 unspecified atom stereocenters. The highest BCUT2D eigenvalue weighted by atomic mass is 16.5. The van der Waals surface area contributed by atoms with Crippen molar-refractivity contribution in [3.05, 3.63) is 72.1 Å². The predicted molar refractivity (Wildman–Crippen MR) is 107 cm³/mol. The molecule has 0 saturated heterocycles. The molecule has 7 heteroatoms. The predicted octanol–water partition coefficient (Wildman–Crippen LogP) is 4.18. The summed E-state index contributed by atoms with van der Waals surface area (Å²) in [5, 5.41) is 13.2. The number of aromatic nitrogens is 3. The fourth-order valence-electron chi connectivity index (χ4n) is 2.93. The topological polar surface area (TPSA) is 89.3 Å². The highest BCUT2D eigenvalue weighted by molar-refractivity contribution is 5.88. The summed E-state index contributed by atoms with van der Waals surface area (Å²) in [5.74, 6) is 0.258. The van der Waals surface area contributed by atoms with Gasteiger partial charge in [-0.25, -0.2) is 9.78 Å². The minimum absolute atomic E-state index is 0.241. The van der Waals surface area contributed by atoms with Crippen LogP contribution in [0.4, 0.5) is 11.6 Å². The molecular formula is C21H18N4O3. The summed E-state index contributed by atoms with van der Waals surface area (Å²) in [7, 11) is 1.62. The second kappa shape index (κ2) is 7.03. The third-order valence-corrected chi connectivity index (χ3v) is 4.51. The van der Waals surface area contributed by atoms with Gasteiger partial charge in [0, 0.05) is 35.2 Å². The molecule has 0 amide bonds. The molecule has 0 aliphatic carbocycles. The largest absolute Gasteiger partial charge is 0.497 e. The van der Waals surface area contributed by atoms with E-state index in [1.165, 1.54) is 0 Å². The molecule has 4 aromatic rings. The van der Waals surface area contributed by atoms with Crippen LogP contribution in [0, 0.1) is 6.92 Å². The number of carboxylic acids is 1. The summed E-state index contributed by atoms with van der Waals surface area (Å²) in [4.78, 5) is 20.1. The van der Waals surface area contributed by atoms with Gasteiger partial charge < -0.3 is 19.7 Å². The number of carbonyl (C=O) groups is 1. The van der Waals surface area contributed by atoms with Crippen molar-refractivity contribution in [1.82, 2.24) is 14.5 Å². The van der Waals surface area contributed by atoms with E-state index in [4.69, 9.17) is 9.84 Å². The van der Waals surface area contributed by atoms with Gasteiger partial charge in [-0.1, -0.05) is 6.07 Å². The van der Waals surface area contributed by atoms with E-state index in [-0.39, 0.29) is 5.56 Å². The SMILES string of the molecule is COc1ccc(C)c(Nc2ncc3ccn(-c4ccc(C(=O)O)cc4)c3n2)c1. The molecule has 0 radical (unpaired) electrons. The molecule has 2 aromatic heterocycles. The molecule has 0 aliphatic heterocycles. The Balaban J connectivity index is 1.71. The Bertz CT molecular complexity index is 1170. The van der Waals surface area contributed by atoms with Gasteiger partial charge in [0.05, 0.1) is 12.7 Å². The van der Waals surface area contributed by atoms with Crippen molar-refractivity contribution in [2.45, 2.75) is 6.92 Å². The Morgan fingerprint density at radius 2 is 1.93 bits per heavy atom. The molecule has 140 valence electrons. The number of aromatic carboxylic acids is 1. The monoisotopic (exact) mass is 374 g/mol. The molecule has 7 nitrogen and oxygen atoms in total. The molecular weight excluding hydrogens is 356 g/mol. The number of fused-ring (bicyclic) bond motifs is 1. The Labute approximate surface area is 161 Å². The third kappa shape index (κ3) is 3.25. The van der Waals surface area contributed by atoms with Gasteiger partial charge in [-0.2, -0.15) is 4.98 Å². The number of aryl methyl sites for hydroxylation is 1. The molecule has 0 atom stereocenters. The number of benzene rings is 2. The summed E-state index contributed by atoms with van der Waals surface area (Å²) in [5.41, 5.74) is 3.70. The van der Waals surface area contributed by atoms with Crippen molar-refractivity contribution in [2.24, 2.45) is 0 Å². The maximum absolute atomic E-state index is 11.1. The summed E-state index contributed by atoms with van der Waals surface area (Å²) in [6.45, 7) is 1.99. The zero-order valence-electron chi connectivity index (χ0n) is 15.4. The van der Waals surface area contributed by atoms with Gasteiger partial charge >= 0.3 is 5.97 Å². The quantitative estimate of drug-likeness (QED) is 0.545. The average Bonchev–Trinajstić information content (AvgIpc) is 3.13. The van der Waals surface area contributed by atoms with Crippen molar-refractivity contribution >= 4 is 28.6 Å². The fourth-order valence-corrected chi connectivity index (χ4v) is 2.93. The molecule has 2 N–H and O–H groups in total. The lowest BCUT2D eigenvalue weighted by Crippen LogP contribution is -2.02. The van der Waals surface area contributed by atoms with Crippen LogP contribution in [0.2, 0.25) is 0 Å². The van der Waals surface area contributed by atoms with Crippen LogP contribution in [0.25, 0.3) is 16.7 Å². The molecule has 0 fully saturated rings. The lowest BCUT2D eigenvalue weighted by molar-refractivity contribution is 0.0697. The lowest BCUT2D eigenvalue weighted by atomic mass is 10.2. The number of carboxylic acid groups (broad SMARTS) is 1. The van der Waals surface area contributed by atoms with E-state index in [0.29, 0.717) is 5.95 Å². The highest BCUT2D eigenvalue weighted by Crippen LogP contribution is 2.25. The molecule has 0 saturated carbocycles.